The maximum Gasteiger partial charge on any atom is 0.238 e. The molecule has 1 unspecified atom stereocenters. The third-order valence-electron chi connectivity index (χ3n) is 2.68. The van der Waals surface area contributed by atoms with Crippen molar-refractivity contribution in [3.63, 3.8) is 0 Å². The summed E-state index contributed by atoms with van der Waals surface area (Å²) in [6.45, 7) is 1.60. The Kier molecular flexibility index (Phi) is 4.86. The SMILES string of the molecule is CC(C(=O)NCc1ccc(CO)cc1)S(C)(=O)=O. The van der Waals surface area contributed by atoms with Crippen LogP contribution in [-0.4, -0.2) is 30.9 Å². The molecule has 6 heteroatoms. The van der Waals surface area contributed by atoms with E-state index in [1.807, 2.05) is 0 Å². The fourth-order valence-corrected chi connectivity index (χ4v) is 1.76. The first-order chi connectivity index (χ1) is 8.34. The molecule has 0 saturated heterocycles. The lowest BCUT2D eigenvalue weighted by atomic mass is 10.1. The van der Waals surface area contributed by atoms with Gasteiger partial charge in [0.25, 0.3) is 0 Å². The third-order valence-corrected chi connectivity index (χ3v) is 4.18. The Labute approximate surface area is 107 Å². The number of sulfone groups is 1. The molecular weight excluding hydrogens is 254 g/mol. The van der Waals surface area contributed by atoms with Crippen molar-refractivity contribution in [3.05, 3.63) is 35.4 Å². The minimum Gasteiger partial charge on any atom is -0.392 e. The molecule has 0 aromatic heterocycles. The minimum absolute atomic E-state index is 0.0300. The lowest BCUT2D eigenvalue weighted by Gasteiger charge is -2.10. The molecule has 0 aliphatic carbocycles. The summed E-state index contributed by atoms with van der Waals surface area (Å²) in [7, 11) is -3.36. The Balaban J connectivity index is 2.57. The van der Waals surface area contributed by atoms with E-state index in [1.54, 1.807) is 24.3 Å². The Morgan fingerprint density at radius 1 is 1.28 bits per heavy atom. The second kappa shape index (κ2) is 5.97. The molecule has 1 aromatic carbocycles. The number of carbonyl (C=O) groups excluding carboxylic acids is 1. The van der Waals surface area contributed by atoms with Crippen molar-refractivity contribution in [2.24, 2.45) is 0 Å². The molecular formula is C12H17NO4S. The van der Waals surface area contributed by atoms with E-state index >= 15 is 0 Å². The number of hydrogen-bond acceptors (Lipinski definition) is 4. The summed E-state index contributed by atoms with van der Waals surface area (Å²) in [4.78, 5) is 11.6. The minimum atomic E-state index is -3.36. The topological polar surface area (TPSA) is 83.5 Å². The van der Waals surface area contributed by atoms with Gasteiger partial charge < -0.3 is 10.4 Å². The van der Waals surface area contributed by atoms with Gasteiger partial charge in [-0.1, -0.05) is 24.3 Å². The number of hydrogen-bond donors (Lipinski definition) is 2. The molecule has 0 fully saturated rings. The number of amides is 1. The second-order valence-corrected chi connectivity index (χ2v) is 6.53. The molecule has 0 spiro atoms. The Bertz CT molecular complexity index is 507. The first-order valence-corrected chi connectivity index (χ1v) is 7.45. The summed E-state index contributed by atoms with van der Waals surface area (Å²) in [6.07, 6.45) is 1.04. The highest BCUT2D eigenvalue weighted by Gasteiger charge is 2.22. The molecule has 0 bridgehead atoms. The summed E-state index contributed by atoms with van der Waals surface area (Å²) in [5.41, 5.74) is 1.64. The van der Waals surface area contributed by atoms with Crippen LogP contribution in [0.2, 0.25) is 0 Å². The van der Waals surface area contributed by atoms with Gasteiger partial charge in [0.1, 0.15) is 5.25 Å². The van der Waals surface area contributed by atoms with Crippen molar-refractivity contribution in [2.45, 2.75) is 25.3 Å². The van der Waals surface area contributed by atoms with E-state index in [2.05, 4.69) is 5.32 Å². The first-order valence-electron chi connectivity index (χ1n) is 5.50. The highest BCUT2D eigenvalue weighted by molar-refractivity contribution is 7.92. The van der Waals surface area contributed by atoms with Gasteiger partial charge in [-0.25, -0.2) is 8.42 Å². The summed E-state index contributed by atoms with van der Waals surface area (Å²) in [5, 5.41) is 10.4. The van der Waals surface area contributed by atoms with Gasteiger partial charge >= 0.3 is 0 Å². The van der Waals surface area contributed by atoms with Gasteiger partial charge in [0, 0.05) is 12.8 Å². The van der Waals surface area contributed by atoms with E-state index in [9.17, 15) is 13.2 Å². The average molecular weight is 271 g/mol. The van der Waals surface area contributed by atoms with Gasteiger partial charge in [0.2, 0.25) is 5.91 Å². The number of carbonyl (C=O) groups is 1. The van der Waals surface area contributed by atoms with Crippen molar-refractivity contribution in [1.29, 1.82) is 0 Å². The largest absolute Gasteiger partial charge is 0.392 e. The van der Waals surface area contributed by atoms with Crippen LogP contribution in [0.3, 0.4) is 0 Å². The Hall–Kier alpha value is -1.40. The van der Waals surface area contributed by atoms with E-state index < -0.39 is 21.0 Å². The molecule has 1 amide bonds. The van der Waals surface area contributed by atoms with Crippen molar-refractivity contribution >= 4 is 15.7 Å². The van der Waals surface area contributed by atoms with E-state index in [4.69, 9.17) is 5.11 Å². The van der Waals surface area contributed by atoms with Crippen LogP contribution in [0.15, 0.2) is 24.3 Å². The Morgan fingerprint density at radius 3 is 2.22 bits per heavy atom. The predicted octanol–water partition coefficient (Wildman–Crippen LogP) is 0.228. The molecule has 0 heterocycles. The zero-order chi connectivity index (χ0) is 13.8. The van der Waals surface area contributed by atoms with Crippen LogP contribution >= 0.6 is 0 Å². The molecule has 0 saturated carbocycles. The van der Waals surface area contributed by atoms with Crippen LogP contribution in [0.4, 0.5) is 0 Å². The highest BCUT2D eigenvalue weighted by Crippen LogP contribution is 2.05. The predicted molar refractivity (Wildman–Crippen MR) is 68.5 cm³/mol. The summed E-state index contributed by atoms with van der Waals surface area (Å²) >= 11 is 0. The van der Waals surface area contributed by atoms with Crippen LogP contribution in [0.5, 0.6) is 0 Å². The van der Waals surface area contributed by atoms with Gasteiger partial charge in [-0.3, -0.25) is 4.79 Å². The molecule has 1 atom stereocenters. The fraction of sp³-hybridized carbons (Fsp3) is 0.417. The molecule has 5 nitrogen and oxygen atoms in total. The number of nitrogens with one attached hydrogen (secondary N) is 1. The number of benzene rings is 1. The molecule has 0 aliphatic heterocycles. The number of aliphatic hydroxyl groups excluding tert-OH is 1. The van der Waals surface area contributed by atoms with Crippen LogP contribution < -0.4 is 5.32 Å². The number of rotatable bonds is 5. The molecule has 2 N–H and O–H groups in total. The van der Waals surface area contributed by atoms with Gasteiger partial charge in [0.15, 0.2) is 9.84 Å². The summed E-state index contributed by atoms with van der Waals surface area (Å²) in [6, 6.07) is 7.05. The van der Waals surface area contributed by atoms with Crippen LogP contribution in [-0.2, 0) is 27.8 Å². The van der Waals surface area contributed by atoms with Crippen molar-refractivity contribution < 1.29 is 18.3 Å². The summed E-state index contributed by atoms with van der Waals surface area (Å²) in [5.74, 6) is -0.510. The number of aliphatic hydroxyl groups is 1. The standard InChI is InChI=1S/C12H17NO4S/c1-9(18(2,16)17)12(15)13-7-10-3-5-11(8-14)6-4-10/h3-6,9,14H,7-8H2,1-2H3,(H,13,15). The maximum absolute atomic E-state index is 11.6. The molecule has 0 radical (unpaired) electrons. The average Bonchev–Trinajstić information content (AvgIpc) is 2.34. The fourth-order valence-electron chi connectivity index (χ4n) is 1.29. The van der Waals surface area contributed by atoms with Crippen molar-refractivity contribution in [1.82, 2.24) is 5.32 Å². The first kappa shape index (κ1) is 14.7. The van der Waals surface area contributed by atoms with Gasteiger partial charge in [-0.05, 0) is 18.1 Å². The molecule has 100 valence electrons. The molecule has 0 aliphatic rings. The molecule has 1 rings (SSSR count). The van der Waals surface area contributed by atoms with Crippen molar-refractivity contribution in [3.8, 4) is 0 Å². The monoisotopic (exact) mass is 271 g/mol. The van der Waals surface area contributed by atoms with Crippen LogP contribution in [0, 0.1) is 0 Å². The van der Waals surface area contributed by atoms with E-state index in [0.717, 1.165) is 17.4 Å². The van der Waals surface area contributed by atoms with E-state index in [1.165, 1.54) is 6.92 Å². The third kappa shape index (κ3) is 4.12. The molecule has 1 aromatic rings. The lowest BCUT2D eigenvalue weighted by molar-refractivity contribution is -0.120. The zero-order valence-corrected chi connectivity index (χ0v) is 11.2. The van der Waals surface area contributed by atoms with E-state index in [-0.39, 0.29) is 13.2 Å². The van der Waals surface area contributed by atoms with E-state index in [0.29, 0.717) is 0 Å². The van der Waals surface area contributed by atoms with Crippen molar-refractivity contribution in [2.75, 3.05) is 6.26 Å². The van der Waals surface area contributed by atoms with Crippen LogP contribution in [0.25, 0.3) is 0 Å². The lowest BCUT2D eigenvalue weighted by Crippen LogP contribution is -2.36. The summed E-state index contributed by atoms with van der Waals surface area (Å²) < 4.78 is 22.4. The quantitative estimate of drug-likeness (QED) is 0.803. The van der Waals surface area contributed by atoms with Gasteiger partial charge in [-0.2, -0.15) is 0 Å². The molecule has 18 heavy (non-hydrogen) atoms. The normalized spacial score (nSPS) is 13.1. The highest BCUT2D eigenvalue weighted by atomic mass is 32.2. The second-order valence-electron chi connectivity index (χ2n) is 4.16. The Morgan fingerprint density at radius 2 is 1.78 bits per heavy atom. The smallest absolute Gasteiger partial charge is 0.238 e. The zero-order valence-electron chi connectivity index (χ0n) is 10.4. The van der Waals surface area contributed by atoms with Gasteiger partial charge in [-0.15, -0.1) is 0 Å². The van der Waals surface area contributed by atoms with Gasteiger partial charge in [0.05, 0.1) is 6.61 Å². The maximum atomic E-state index is 11.6. The van der Waals surface area contributed by atoms with Crippen LogP contribution in [0.1, 0.15) is 18.1 Å².